The number of aryl methyl sites for hydroxylation is 3. The molecule has 3 heterocycles. The molecule has 0 bridgehead atoms. The molecule has 11 heteroatoms. The van der Waals surface area contributed by atoms with Crippen molar-refractivity contribution in [3.8, 4) is 17.2 Å². The van der Waals surface area contributed by atoms with Crippen molar-refractivity contribution in [3.05, 3.63) is 81.4 Å². The van der Waals surface area contributed by atoms with Crippen molar-refractivity contribution in [1.29, 1.82) is 0 Å². The molecule has 0 aliphatic carbocycles. The zero-order chi connectivity index (χ0) is 25.2. The lowest BCUT2D eigenvalue weighted by Crippen LogP contribution is -2.24. The number of aromatic nitrogens is 5. The number of thioether (sulfide) groups is 1. The quantitative estimate of drug-likeness (QED) is 0.278. The number of hydrogen-bond donors (Lipinski definition) is 1. The lowest BCUT2D eigenvalue weighted by Gasteiger charge is -2.10. The van der Waals surface area contributed by atoms with E-state index in [1.54, 1.807) is 10.7 Å². The molecule has 4 aromatic rings. The number of ether oxygens (including phenoxy) is 2. The Morgan fingerprint density at radius 3 is 2.61 bits per heavy atom. The van der Waals surface area contributed by atoms with Gasteiger partial charge in [0.05, 0.1) is 11.4 Å². The predicted molar refractivity (Wildman–Crippen MR) is 136 cm³/mol. The second-order valence-electron chi connectivity index (χ2n) is 8.32. The Bertz CT molecular complexity index is 1440. The zero-order valence-electron chi connectivity index (χ0n) is 19.9. The smallest absolute Gasteiger partial charge is 0.274 e. The summed E-state index contributed by atoms with van der Waals surface area (Å²) < 4.78 is 12.4. The van der Waals surface area contributed by atoms with Crippen molar-refractivity contribution in [3.63, 3.8) is 0 Å². The maximum atomic E-state index is 13.2. The van der Waals surface area contributed by atoms with Crippen LogP contribution in [0.25, 0.3) is 5.69 Å². The number of hydrogen-bond acceptors (Lipinski definition) is 8. The van der Waals surface area contributed by atoms with Crippen molar-refractivity contribution in [2.75, 3.05) is 6.79 Å². The van der Waals surface area contributed by atoms with E-state index in [0.29, 0.717) is 45.4 Å². The summed E-state index contributed by atoms with van der Waals surface area (Å²) in [6.45, 7) is 6.27. The number of carbonyl (C=O) groups excluding carboxylic acids is 1. The summed E-state index contributed by atoms with van der Waals surface area (Å²) in [5, 5.41) is 12.7. The summed E-state index contributed by atoms with van der Waals surface area (Å²) in [5.74, 6) is 1.40. The van der Waals surface area contributed by atoms with Crippen LogP contribution < -0.4 is 14.8 Å². The van der Waals surface area contributed by atoms with Gasteiger partial charge in [-0.1, -0.05) is 40.7 Å². The van der Waals surface area contributed by atoms with Crippen molar-refractivity contribution in [1.82, 2.24) is 30.3 Å². The topological polar surface area (TPSA) is 104 Å². The van der Waals surface area contributed by atoms with E-state index in [4.69, 9.17) is 21.1 Å². The number of benzene rings is 2. The van der Waals surface area contributed by atoms with E-state index in [9.17, 15) is 4.79 Å². The first kappa shape index (κ1) is 24.1. The highest BCUT2D eigenvalue weighted by atomic mass is 35.5. The molecule has 0 saturated heterocycles. The molecule has 0 spiro atoms. The Labute approximate surface area is 217 Å². The molecule has 0 saturated carbocycles. The van der Waals surface area contributed by atoms with E-state index in [1.165, 1.54) is 11.8 Å². The number of nitrogens with one attached hydrogen (secondary N) is 1. The summed E-state index contributed by atoms with van der Waals surface area (Å²) in [6.07, 6.45) is 0. The van der Waals surface area contributed by atoms with E-state index in [2.05, 4.69) is 25.6 Å². The molecule has 1 aliphatic rings. The summed E-state index contributed by atoms with van der Waals surface area (Å²) in [7, 11) is 0. The van der Waals surface area contributed by atoms with Crippen molar-refractivity contribution >= 4 is 29.3 Å². The number of fused-ring (bicyclic) bond motifs is 1. The van der Waals surface area contributed by atoms with Crippen LogP contribution in [0.1, 0.15) is 38.7 Å². The highest BCUT2D eigenvalue weighted by Gasteiger charge is 2.22. The van der Waals surface area contributed by atoms with Gasteiger partial charge in [-0.15, -0.1) is 5.10 Å². The fraction of sp³-hybridized carbons (Fsp3) is 0.240. The first-order valence-electron chi connectivity index (χ1n) is 11.2. The third-order valence-corrected chi connectivity index (χ3v) is 6.83. The highest BCUT2D eigenvalue weighted by Crippen LogP contribution is 2.32. The third kappa shape index (κ3) is 5.14. The van der Waals surface area contributed by atoms with Crippen LogP contribution in [0.5, 0.6) is 11.5 Å². The van der Waals surface area contributed by atoms with Crippen molar-refractivity contribution < 1.29 is 14.3 Å². The Balaban J connectivity index is 1.41. The first-order valence-corrected chi connectivity index (χ1v) is 12.6. The molecule has 0 atom stereocenters. The van der Waals surface area contributed by atoms with E-state index >= 15 is 0 Å². The number of nitrogens with zero attached hydrogens (tertiary/aromatic N) is 5. The van der Waals surface area contributed by atoms with Gasteiger partial charge in [0.15, 0.2) is 22.3 Å². The second-order valence-corrected chi connectivity index (χ2v) is 9.67. The fourth-order valence-corrected chi connectivity index (χ4v) is 4.85. The normalized spacial score (nSPS) is 12.1. The molecule has 1 aliphatic heterocycles. The maximum Gasteiger partial charge on any atom is 0.274 e. The summed E-state index contributed by atoms with van der Waals surface area (Å²) in [4.78, 5) is 22.2. The number of carbonyl (C=O) groups is 1. The molecule has 5 rings (SSSR count). The van der Waals surface area contributed by atoms with E-state index in [-0.39, 0.29) is 18.4 Å². The molecule has 1 N–H and O–H groups in total. The molecule has 0 radical (unpaired) electrons. The lowest BCUT2D eigenvalue weighted by atomic mass is 10.2. The average molecular weight is 523 g/mol. The number of amides is 1. The van der Waals surface area contributed by atoms with Crippen LogP contribution in [0.4, 0.5) is 0 Å². The predicted octanol–water partition coefficient (Wildman–Crippen LogP) is 4.59. The fourth-order valence-electron chi connectivity index (χ4n) is 3.74. The van der Waals surface area contributed by atoms with Crippen LogP contribution in [0.3, 0.4) is 0 Å². The van der Waals surface area contributed by atoms with E-state index in [0.717, 1.165) is 22.5 Å². The minimum Gasteiger partial charge on any atom is -0.454 e. The molecule has 2 aromatic carbocycles. The van der Waals surface area contributed by atoms with Gasteiger partial charge >= 0.3 is 0 Å². The maximum absolute atomic E-state index is 13.2. The number of rotatable bonds is 7. The van der Waals surface area contributed by atoms with Crippen LogP contribution >= 0.6 is 23.4 Å². The molecule has 184 valence electrons. The Kier molecular flexibility index (Phi) is 6.80. The van der Waals surface area contributed by atoms with Crippen LogP contribution in [-0.4, -0.2) is 37.7 Å². The van der Waals surface area contributed by atoms with Gasteiger partial charge in [0.25, 0.3) is 5.91 Å². The molecule has 36 heavy (non-hydrogen) atoms. The van der Waals surface area contributed by atoms with Crippen molar-refractivity contribution in [2.24, 2.45) is 0 Å². The third-order valence-electron chi connectivity index (χ3n) is 5.57. The standard InChI is InChI=1S/C25H23ClN6O3S/c1-14-4-6-18(10-19(14)26)32-20(12-36-25-28-15(2)8-16(3)29-25)23(30-31-32)24(33)27-11-17-5-7-21-22(9-17)35-13-34-21/h4-10H,11-13H2,1-3H3,(H,27,33). The molecule has 2 aromatic heterocycles. The minimum atomic E-state index is -0.339. The van der Waals surface area contributed by atoms with E-state index < -0.39 is 0 Å². The van der Waals surface area contributed by atoms with Gasteiger partial charge in [0, 0.05) is 28.7 Å². The summed E-state index contributed by atoms with van der Waals surface area (Å²) in [5.41, 5.74) is 5.14. The van der Waals surface area contributed by atoms with Gasteiger partial charge in [-0.25, -0.2) is 14.6 Å². The molecular weight excluding hydrogens is 500 g/mol. The largest absolute Gasteiger partial charge is 0.454 e. The van der Waals surface area contributed by atoms with Gasteiger partial charge in [0.1, 0.15) is 0 Å². The van der Waals surface area contributed by atoms with Crippen LogP contribution in [0.15, 0.2) is 47.6 Å². The Morgan fingerprint density at radius 1 is 1.06 bits per heavy atom. The van der Waals surface area contributed by atoms with Crippen LogP contribution in [-0.2, 0) is 12.3 Å². The van der Waals surface area contributed by atoms with Gasteiger partial charge in [-0.2, -0.15) is 0 Å². The highest BCUT2D eigenvalue weighted by molar-refractivity contribution is 7.98. The van der Waals surface area contributed by atoms with Crippen LogP contribution in [0.2, 0.25) is 5.02 Å². The van der Waals surface area contributed by atoms with Gasteiger partial charge in [-0.05, 0) is 62.2 Å². The molecule has 9 nitrogen and oxygen atoms in total. The number of halogens is 1. The summed E-state index contributed by atoms with van der Waals surface area (Å²) >= 11 is 7.78. The zero-order valence-corrected chi connectivity index (χ0v) is 21.5. The van der Waals surface area contributed by atoms with Gasteiger partial charge < -0.3 is 14.8 Å². The molecule has 0 unspecified atom stereocenters. The first-order chi connectivity index (χ1) is 17.4. The van der Waals surface area contributed by atoms with Gasteiger partial charge in [-0.3, -0.25) is 4.79 Å². The molecule has 0 fully saturated rings. The van der Waals surface area contributed by atoms with Crippen molar-refractivity contribution in [2.45, 2.75) is 38.2 Å². The van der Waals surface area contributed by atoms with Crippen LogP contribution in [0, 0.1) is 20.8 Å². The second kappa shape index (κ2) is 10.2. The lowest BCUT2D eigenvalue weighted by molar-refractivity contribution is 0.0945. The minimum absolute atomic E-state index is 0.197. The monoisotopic (exact) mass is 522 g/mol. The SMILES string of the molecule is Cc1cc(C)nc(SCc2c(C(=O)NCc3ccc4c(c3)OCO4)nnn2-c2ccc(C)c(Cl)c2)n1. The van der Waals surface area contributed by atoms with Gasteiger partial charge in [0.2, 0.25) is 6.79 Å². The molecule has 1 amide bonds. The Hall–Kier alpha value is -3.63. The summed E-state index contributed by atoms with van der Waals surface area (Å²) in [6, 6.07) is 13.1. The average Bonchev–Trinajstić information content (AvgIpc) is 3.49. The molecular formula is C25H23ClN6O3S. The van der Waals surface area contributed by atoms with E-state index in [1.807, 2.05) is 57.2 Å². The Morgan fingerprint density at radius 2 is 1.83 bits per heavy atom.